The Morgan fingerprint density at radius 1 is 1.26 bits per heavy atom. The van der Waals surface area contributed by atoms with Gasteiger partial charge in [-0.25, -0.2) is 10.1 Å². The van der Waals surface area contributed by atoms with Crippen LogP contribution in [0.3, 0.4) is 0 Å². The highest BCUT2D eigenvalue weighted by molar-refractivity contribution is 5.58. The van der Waals surface area contributed by atoms with Crippen LogP contribution in [0.15, 0.2) is 53.4 Å². The highest BCUT2D eigenvalue weighted by Crippen LogP contribution is 2.32. The number of benzene rings is 1. The fraction of sp³-hybridized carbons (Fsp3) is 0.391. The molecule has 0 atom stereocenters. The van der Waals surface area contributed by atoms with Gasteiger partial charge in [-0.15, -0.1) is 0 Å². The molecule has 0 spiro atoms. The number of anilines is 1. The molecule has 0 saturated carbocycles. The molecular formula is C23H29N3O. The van der Waals surface area contributed by atoms with E-state index in [1.54, 1.807) is 6.08 Å². The van der Waals surface area contributed by atoms with Crippen LogP contribution in [0.25, 0.3) is 10.9 Å². The zero-order valence-corrected chi connectivity index (χ0v) is 15.9. The van der Waals surface area contributed by atoms with Gasteiger partial charge in [-0.3, -0.25) is 0 Å². The van der Waals surface area contributed by atoms with E-state index in [0.717, 1.165) is 24.2 Å². The summed E-state index contributed by atoms with van der Waals surface area (Å²) in [5, 5.41) is 9.14. The highest BCUT2D eigenvalue weighted by Gasteiger charge is 2.27. The summed E-state index contributed by atoms with van der Waals surface area (Å²) in [6.45, 7) is 17.4. The van der Waals surface area contributed by atoms with E-state index in [0.29, 0.717) is 12.2 Å². The molecule has 1 aromatic rings. The van der Waals surface area contributed by atoms with Gasteiger partial charge in [0, 0.05) is 25.2 Å². The number of allylic oxidation sites excluding steroid dienone is 3. The first-order valence-corrected chi connectivity index (χ1v) is 8.87. The molecule has 142 valence electrons. The minimum Gasteiger partial charge on any atom is -0.488 e. The molecule has 1 heterocycles. The topological polar surface area (TPSA) is 40.6 Å². The van der Waals surface area contributed by atoms with Crippen LogP contribution in [-0.2, 0) is 4.74 Å². The smallest absolute Gasteiger partial charge is 0.265 e. The molecule has 0 bridgehead atoms. The average molecular weight is 364 g/mol. The first-order valence-electron chi connectivity index (χ1n) is 8.87. The maximum Gasteiger partial charge on any atom is 0.265 e. The Morgan fingerprint density at radius 2 is 1.89 bits per heavy atom. The molecule has 0 amide bonds. The lowest BCUT2D eigenvalue weighted by atomic mass is 9.93. The van der Waals surface area contributed by atoms with Crippen LogP contribution in [0, 0.1) is 17.9 Å². The normalized spacial score (nSPS) is 17.0. The van der Waals surface area contributed by atoms with Crippen molar-refractivity contribution < 1.29 is 4.74 Å². The lowest BCUT2D eigenvalue weighted by molar-refractivity contribution is 0.0356. The van der Waals surface area contributed by atoms with E-state index in [1.165, 1.54) is 5.69 Å². The van der Waals surface area contributed by atoms with E-state index in [9.17, 15) is 0 Å². The van der Waals surface area contributed by atoms with Gasteiger partial charge >= 0.3 is 0 Å². The third-order valence-corrected chi connectivity index (χ3v) is 4.31. The van der Waals surface area contributed by atoms with Crippen molar-refractivity contribution in [3.8, 4) is 6.07 Å². The molecule has 0 fully saturated rings. The molecule has 0 aliphatic carbocycles. The van der Waals surface area contributed by atoms with E-state index in [4.69, 9.17) is 16.6 Å². The van der Waals surface area contributed by atoms with Crippen molar-refractivity contribution in [2.24, 2.45) is 0 Å². The first kappa shape index (κ1) is 22.1. The molecule has 0 N–H and O–H groups in total. The summed E-state index contributed by atoms with van der Waals surface area (Å²) in [7, 11) is 0. The van der Waals surface area contributed by atoms with Gasteiger partial charge in [-0.1, -0.05) is 25.6 Å². The standard InChI is InChI=1S/C22H25N3O.CH4/c1-6-25(7-2)19-11-8-17(9-12-19)10-13-20-14-18(21(16-23)24-5)15-22(3,4)26-20;/h8-14H,6-7,15H2,1-4H3;1H4/b13-10+,21-18+;. The van der Waals surface area contributed by atoms with Crippen LogP contribution in [-0.4, -0.2) is 18.7 Å². The molecule has 0 radical (unpaired) electrons. The molecular weight excluding hydrogens is 334 g/mol. The first-order chi connectivity index (χ1) is 12.4. The lowest BCUT2D eigenvalue weighted by Gasteiger charge is -2.32. The fourth-order valence-corrected chi connectivity index (χ4v) is 3.03. The molecule has 1 aromatic carbocycles. The largest absolute Gasteiger partial charge is 0.488 e. The number of rotatable bonds is 5. The molecule has 1 aliphatic heterocycles. The second kappa shape index (κ2) is 9.64. The third kappa shape index (κ3) is 5.76. The summed E-state index contributed by atoms with van der Waals surface area (Å²) in [5.74, 6) is 0.667. The summed E-state index contributed by atoms with van der Waals surface area (Å²) in [4.78, 5) is 5.63. The van der Waals surface area contributed by atoms with E-state index in [2.05, 4.69) is 47.9 Å². The Kier molecular flexibility index (Phi) is 7.88. The number of ether oxygens (including phenoxy) is 1. The summed E-state index contributed by atoms with van der Waals surface area (Å²) in [6.07, 6.45) is 6.23. The van der Waals surface area contributed by atoms with Crippen molar-refractivity contribution in [2.75, 3.05) is 18.0 Å². The molecule has 4 nitrogen and oxygen atoms in total. The van der Waals surface area contributed by atoms with Crippen LogP contribution in [0.2, 0.25) is 0 Å². The monoisotopic (exact) mass is 363 g/mol. The van der Waals surface area contributed by atoms with Gasteiger partial charge in [0.15, 0.2) is 0 Å². The van der Waals surface area contributed by atoms with Gasteiger partial charge in [0.25, 0.3) is 5.70 Å². The van der Waals surface area contributed by atoms with E-state index in [1.807, 2.05) is 32.1 Å². The van der Waals surface area contributed by atoms with Gasteiger partial charge in [-0.05, 0) is 63.1 Å². The molecule has 0 unspecified atom stereocenters. The zero-order valence-electron chi connectivity index (χ0n) is 15.9. The molecule has 0 aromatic heterocycles. The number of hydrogen-bond acceptors (Lipinski definition) is 3. The van der Waals surface area contributed by atoms with Crippen LogP contribution in [0.1, 0.15) is 47.1 Å². The van der Waals surface area contributed by atoms with Crippen LogP contribution in [0.5, 0.6) is 0 Å². The average Bonchev–Trinajstić information content (AvgIpc) is 2.62. The quantitative estimate of drug-likeness (QED) is 0.478. The maximum absolute atomic E-state index is 9.14. The Hall–Kier alpha value is -2.98. The van der Waals surface area contributed by atoms with Crippen molar-refractivity contribution in [1.82, 2.24) is 0 Å². The number of nitriles is 1. The molecule has 0 saturated heterocycles. The Morgan fingerprint density at radius 3 is 2.41 bits per heavy atom. The predicted octanol–water partition coefficient (Wildman–Crippen LogP) is 5.96. The van der Waals surface area contributed by atoms with Crippen molar-refractivity contribution in [3.63, 3.8) is 0 Å². The summed E-state index contributed by atoms with van der Waals surface area (Å²) in [5.41, 5.74) is 2.71. The van der Waals surface area contributed by atoms with Gasteiger partial charge in [0.1, 0.15) is 11.4 Å². The fourth-order valence-electron chi connectivity index (χ4n) is 3.03. The van der Waals surface area contributed by atoms with Crippen molar-refractivity contribution in [1.29, 1.82) is 5.26 Å². The van der Waals surface area contributed by atoms with Crippen molar-refractivity contribution in [3.05, 3.63) is 70.4 Å². The molecule has 4 heteroatoms. The van der Waals surface area contributed by atoms with Gasteiger partial charge in [0.05, 0.1) is 12.6 Å². The molecule has 2 rings (SSSR count). The molecule has 1 aliphatic rings. The third-order valence-electron chi connectivity index (χ3n) is 4.31. The van der Waals surface area contributed by atoms with Gasteiger partial charge in [0.2, 0.25) is 0 Å². The van der Waals surface area contributed by atoms with Crippen molar-refractivity contribution >= 4 is 11.8 Å². The Labute approximate surface area is 163 Å². The lowest BCUT2D eigenvalue weighted by Crippen LogP contribution is -2.27. The Balaban J connectivity index is 0.00000364. The van der Waals surface area contributed by atoms with Crippen LogP contribution < -0.4 is 4.90 Å². The SMILES string of the molecule is C.[C-]#[N+]/C(C#N)=C1C=C(/C=C/c2ccc(N(CC)CC)cc2)OC(C)(C)C\1. The summed E-state index contributed by atoms with van der Waals surface area (Å²) < 4.78 is 5.98. The zero-order chi connectivity index (χ0) is 19.2. The van der Waals surface area contributed by atoms with E-state index < -0.39 is 5.60 Å². The van der Waals surface area contributed by atoms with Crippen LogP contribution >= 0.6 is 0 Å². The number of nitrogens with zero attached hydrogens (tertiary/aromatic N) is 3. The summed E-state index contributed by atoms with van der Waals surface area (Å²) in [6, 6.07) is 10.4. The van der Waals surface area contributed by atoms with E-state index >= 15 is 0 Å². The predicted molar refractivity (Wildman–Crippen MR) is 113 cm³/mol. The highest BCUT2D eigenvalue weighted by atomic mass is 16.5. The maximum atomic E-state index is 9.14. The number of hydrogen-bond donors (Lipinski definition) is 0. The summed E-state index contributed by atoms with van der Waals surface area (Å²) >= 11 is 0. The minimum atomic E-state index is -0.441. The minimum absolute atomic E-state index is 0. The van der Waals surface area contributed by atoms with Gasteiger partial charge < -0.3 is 9.64 Å². The van der Waals surface area contributed by atoms with Crippen LogP contribution in [0.4, 0.5) is 5.69 Å². The Bertz CT molecular complexity index is 795. The van der Waals surface area contributed by atoms with E-state index in [-0.39, 0.29) is 13.1 Å². The second-order valence-electron chi connectivity index (χ2n) is 6.78. The second-order valence-corrected chi connectivity index (χ2v) is 6.78. The van der Waals surface area contributed by atoms with Crippen molar-refractivity contribution in [2.45, 2.75) is 47.1 Å². The molecule has 27 heavy (non-hydrogen) atoms. The van der Waals surface area contributed by atoms with Gasteiger partial charge in [-0.2, -0.15) is 0 Å².